The number of ether oxygens (including phenoxy) is 1. The molecule has 1 saturated heterocycles. The zero-order chi connectivity index (χ0) is 14.4. The Hall–Kier alpha value is -0.780. The van der Waals surface area contributed by atoms with E-state index in [0.29, 0.717) is 19.1 Å². The molecule has 0 bridgehead atoms. The fraction of sp³-hybridized carbons (Fsp3) is 0.533. The van der Waals surface area contributed by atoms with Crippen molar-refractivity contribution in [3.63, 3.8) is 0 Å². The molecule has 0 spiro atoms. The molecule has 1 N–H and O–H groups in total. The van der Waals surface area contributed by atoms with Crippen molar-refractivity contribution in [1.82, 2.24) is 10.2 Å². The number of nitrogens with one attached hydrogen (secondary N) is 1. The summed E-state index contributed by atoms with van der Waals surface area (Å²) in [4.78, 5) is 14.0. The van der Waals surface area contributed by atoms with Crippen molar-refractivity contribution in [3.05, 3.63) is 28.7 Å². The minimum atomic E-state index is 0. The summed E-state index contributed by atoms with van der Waals surface area (Å²) in [5.74, 6) is 1.07. The van der Waals surface area contributed by atoms with Gasteiger partial charge in [-0.2, -0.15) is 0 Å². The summed E-state index contributed by atoms with van der Waals surface area (Å²) in [7, 11) is 0. The molecule has 1 fully saturated rings. The number of rotatable bonds is 5. The van der Waals surface area contributed by atoms with Gasteiger partial charge in [0.05, 0.1) is 6.61 Å². The molecule has 0 radical (unpaired) electrons. The molecule has 6 heteroatoms. The van der Waals surface area contributed by atoms with E-state index in [4.69, 9.17) is 4.74 Å². The second kappa shape index (κ2) is 9.28. The lowest BCUT2D eigenvalue weighted by Crippen LogP contribution is -2.51. The van der Waals surface area contributed by atoms with Gasteiger partial charge in [-0.15, -0.1) is 12.4 Å². The van der Waals surface area contributed by atoms with Gasteiger partial charge in [-0.3, -0.25) is 4.79 Å². The van der Waals surface area contributed by atoms with Crippen molar-refractivity contribution >= 4 is 34.2 Å². The fourth-order valence-electron chi connectivity index (χ4n) is 2.29. The van der Waals surface area contributed by atoms with Crippen LogP contribution in [0.15, 0.2) is 28.7 Å². The molecule has 118 valence electrons. The molecule has 1 aliphatic heterocycles. The summed E-state index contributed by atoms with van der Waals surface area (Å²) in [6.45, 7) is 5.20. The van der Waals surface area contributed by atoms with E-state index in [1.807, 2.05) is 29.2 Å². The molecule has 4 nitrogen and oxygen atoms in total. The second-order valence-corrected chi connectivity index (χ2v) is 6.02. The Bertz CT molecular complexity index is 459. The summed E-state index contributed by atoms with van der Waals surface area (Å²) >= 11 is 3.41. The van der Waals surface area contributed by atoms with Crippen molar-refractivity contribution in [3.8, 4) is 5.75 Å². The van der Waals surface area contributed by atoms with E-state index in [-0.39, 0.29) is 18.3 Å². The largest absolute Gasteiger partial charge is 0.494 e. The van der Waals surface area contributed by atoms with Gasteiger partial charge in [-0.05, 0) is 31.5 Å². The Balaban J connectivity index is 0.00000220. The Morgan fingerprint density at radius 1 is 1.52 bits per heavy atom. The van der Waals surface area contributed by atoms with E-state index in [9.17, 15) is 4.79 Å². The first-order valence-corrected chi connectivity index (χ1v) is 7.84. The number of hydrogen-bond acceptors (Lipinski definition) is 3. The normalized spacial score (nSPS) is 18.0. The number of nitrogens with zero attached hydrogens (tertiary/aromatic N) is 1. The maximum atomic E-state index is 12.0. The van der Waals surface area contributed by atoms with E-state index < -0.39 is 0 Å². The Morgan fingerprint density at radius 2 is 2.33 bits per heavy atom. The highest BCUT2D eigenvalue weighted by atomic mass is 79.9. The van der Waals surface area contributed by atoms with Gasteiger partial charge in [-0.25, -0.2) is 0 Å². The second-order valence-electron chi connectivity index (χ2n) is 5.10. The maximum absolute atomic E-state index is 12.0. The third kappa shape index (κ3) is 6.24. The predicted octanol–water partition coefficient (Wildman–Crippen LogP) is 2.85. The quantitative estimate of drug-likeness (QED) is 0.802. The highest BCUT2D eigenvalue weighted by molar-refractivity contribution is 9.10. The predicted molar refractivity (Wildman–Crippen MR) is 90.2 cm³/mol. The van der Waals surface area contributed by atoms with Crippen molar-refractivity contribution in [2.45, 2.75) is 25.8 Å². The SMILES string of the molecule is CC1CN(C(=O)CCCOc2cccc(Br)c2)CCN1.Cl. The van der Waals surface area contributed by atoms with E-state index in [1.165, 1.54) is 0 Å². The first-order valence-electron chi connectivity index (χ1n) is 7.04. The lowest BCUT2D eigenvalue weighted by atomic mass is 10.2. The van der Waals surface area contributed by atoms with Crippen molar-refractivity contribution < 1.29 is 9.53 Å². The number of amides is 1. The number of halogens is 2. The van der Waals surface area contributed by atoms with Gasteiger partial charge in [0, 0.05) is 36.6 Å². The van der Waals surface area contributed by atoms with Crippen molar-refractivity contribution in [2.24, 2.45) is 0 Å². The van der Waals surface area contributed by atoms with Crippen LogP contribution in [-0.2, 0) is 4.79 Å². The highest BCUT2D eigenvalue weighted by Gasteiger charge is 2.19. The monoisotopic (exact) mass is 376 g/mol. The van der Waals surface area contributed by atoms with Gasteiger partial charge in [0.25, 0.3) is 0 Å². The molecule has 21 heavy (non-hydrogen) atoms. The van der Waals surface area contributed by atoms with Gasteiger partial charge in [0.1, 0.15) is 5.75 Å². The molecule has 1 amide bonds. The van der Waals surface area contributed by atoms with Crippen LogP contribution in [0.2, 0.25) is 0 Å². The summed E-state index contributed by atoms with van der Waals surface area (Å²) in [6.07, 6.45) is 1.31. The van der Waals surface area contributed by atoms with Crippen LogP contribution in [0.4, 0.5) is 0 Å². The molecule has 0 aliphatic carbocycles. The van der Waals surface area contributed by atoms with Gasteiger partial charge in [0.15, 0.2) is 0 Å². The van der Waals surface area contributed by atoms with Crippen LogP contribution in [0.3, 0.4) is 0 Å². The van der Waals surface area contributed by atoms with Gasteiger partial charge >= 0.3 is 0 Å². The van der Waals surface area contributed by atoms with E-state index in [1.54, 1.807) is 0 Å². The fourth-order valence-corrected chi connectivity index (χ4v) is 2.67. The molecule has 1 aromatic rings. The van der Waals surface area contributed by atoms with Crippen molar-refractivity contribution in [1.29, 1.82) is 0 Å². The average Bonchev–Trinajstić information content (AvgIpc) is 2.43. The number of hydrogen-bond donors (Lipinski definition) is 1. The van der Waals surface area contributed by atoms with Crippen LogP contribution >= 0.6 is 28.3 Å². The maximum Gasteiger partial charge on any atom is 0.222 e. The van der Waals surface area contributed by atoms with Crippen LogP contribution in [-0.4, -0.2) is 43.1 Å². The molecule has 0 saturated carbocycles. The van der Waals surface area contributed by atoms with Gasteiger partial charge < -0.3 is 15.0 Å². The summed E-state index contributed by atoms with van der Waals surface area (Å²) in [6, 6.07) is 8.14. The van der Waals surface area contributed by atoms with Crippen LogP contribution in [0, 0.1) is 0 Å². The van der Waals surface area contributed by atoms with Crippen LogP contribution in [0.5, 0.6) is 5.75 Å². The summed E-state index contributed by atoms with van der Waals surface area (Å²) in [5, 5.41) is 3.34. The molecule has 0 aromatic heterocycles. The lowest BCUT2D eigenvalue weighted by molar-refractivity contribution is -0.132. The Labute approximate surface area is 140 Å². The van der Waals surface area contributed by atoms with E-state index in [2.05, 4.69) is 28.2 Å². The van der Waals surface area contributed by atoms with Crippen LogP contribution in [0.1, 0.15) is 19.8 Å². The summed E-state index contributed by atoms with van der Waals surface area (Å²) in [5.41, 5.74) is 0. The van der Waals surface area contributed by atoms with E-state index in [0.717, 1.165) is 36.3 Å². The minimum absolute atomic E-state index is 0. The molecular weight excluding hydrogens is 356 g/mol. The average molecular weight is 378 g/mol. The van der Waals surface area contributed by atoms with Gasteiger partial charge in [-0.1, -0.05) is 22.0 Å². The molecule has 1 atom stereocenters. The molecule has 1 aromatic carbocycles. The lowest BCUT2D eigenvalue weighted by Gasteiger charge is -2.32. The smallest absolute Gasteiger partial charge is 0.222 e. The van der Waals surface area contributed by atoms with Gasteiger partial charge in [0.2, 0.25) is 5.91 Å². The standard InChI is InChI=1S/C15H21BrN2O2.ClH/c1-12-11-18(8-7-17-12)15(19)6-3-9-20-14-5-2-4-13(16)10-14;/h2,4-5,10,12,17H,3,6-9,11H2,1H3;1H. The molecule has 2 rings (SSSR count). The van der Waals surface area contributed by atoms with Crippen molar-refractivity contribution in [2.75, 3.05) is 26.2 Å². The number of benzene rings is 1. The molecule has 1 heterocycles. The minimum Gasteiger partial charge on any atom is -0.494 e. The van der Waals surface area contributed by atoms with Crippen LogP contribution < -0.4 is 10.1 Å². The number of piperazine rings is 1. The number of carbonyl (C=O) groups excluding carboxylic acids is 1. The third-order valence-electron chi connectivity index (χ3n) is 3.32. The zero-order valence-electron chi connectivity index (χ0n) is 12.2. The molecule has 1 unspecified atom stereocenters. The Morgan fingerprint density at radius 3 is 3.05 bits per heavy atom. The first-order chi connectivity index (χ1) is 9.65. The first kappa shape index (κ1) is 18.3. The molecule has 1 aliphatic rings. The number of carbonyl (C=O) groups is 1. The summed E-state index contributed by atoms with van der Waals surface area (Å²) < 4.78 is 6.63. The van der Waals surface area contributed by atoms with E-state index >= 15 is 0 Å². The topological polar surface area (TPSA) is 41.6 Å². The molecular formula is C15H22BrClN2O2. The third-order valence-corrected chi connectivity index (χ3v) is 3.81. The Kier molecular flexibility index (Phi) is 8.07. The zero-order valence-corrected chi connectivity index (χ0v) is 14.6. The highest BCUT2D eigenvalue weighted by Crippen LogP contribution is 2.18. The van der Waals surface area contributed by atoms with Crippen LogP contribution in [0.25, 0.3) is 0 Å².